The van der Waals surface area contributed by atoms with E-state index in [0.717, 1.165) is 5.56 Å². The SMILES string of the molecule is CC(CN1C(=O)CNC1c1cccc(F)c1)N(C)C. The molecule has 0 saturated carbocycles. The first-order chi connectivity index (χ1) is 8.99. The molecule has 1 aliphatic heterocycles. The molecule has 0 radical (unpaired) electrons. The van der Waals surface area contributed by atoms with Crippen molar-refractivity contribution in [1.82, 2.24) is 15.1 Å². The summed E-state index contributed by atoms with van der Waals surface area (Å²) in [7, 11) is 3.96. The van der Waals surface area contributed by atoms with E-state index in [1.807, 2.05) is 20.2 Å². The standard InChI is InChI=1S/C14H20FN3O/c1-10(17(2)3)9-18-13(19)8-16-14(18)11-5-4-6-12(15)7-11/h4-7,10,14,16H,8-9H2,1-3H3. The van der Waals surface area contributed by atoms with Gasteiger partial charge < -0.3 is 9.80 Å². The van der Waals surface area contributed by atoms with Crippen LogP contribution in [0.2, 0.25) is 0 Å². The molecule has 2 atom stereocenters. The number of hydrogen-bond donors (Lipinski definition) is 1. The average Bonchev–Trinajstić information content (AvgIpc) is 2.71. The molecule has 5 heteroatoms. The largest absolute Gasteiger partial charge is 0.320 e. The Labute approximate surface area is 113 Å². The molecule has 0 aromatic heterocycles. The zero-order valence-electron chi connectivity index (χ0n) is 11.6. The van der Waals surface area contributed by atoms with Gasteiger partial charge in [-0.25, -0.2) is 4.39 Å². The van der Waals surface area contributed by atoms with Crippen LogP contribution in [0.4, 0.5) is 4.39 Å². The van der Waals surface area contributed by atoms with E-state index in [4.69, 9.17) is 0 Å². The van der Waals surface area contributed by atoms with Crippen LogP contribution in [0.15, 0.2) is 24.3 Å². The first-order valence-corrected chi connectivity index (χ1v) is 6.44. The van der Waals surface area contributed by atoms with Gasteiger partial charge in [0.2, 0.25) is 5.91 Å². The number of likely N-dealkylation sites (N-methyl/N-ethyl adjacent to an activating group) is 1. The highest BCUT2D eigenvalue weighted by molar-refractivity contribution is 5.81. The minimum Gasteiger partial charge on any atom is -0.320 e. The zero-order chi connectivity index (χ0) is 14.0. The predicted molar refractivity (Wildman–Crippen MR) is 72.0 cm³/mol. The molecule has 2 rings (SSSR count). The minimum atomic E-state index is -0.278. The van der Waals surface area contributed by atoms with Crippen molar-refractivity contribution in [2.45, 2.75) is 19.1 Å². The predicted octanol–water partition coefficient (Wildman–Crippen LogP) is 1.21. The van der Waals surface area contributed by atoms with Crippen LogP contribution in [0.25, 0.3) is 0 Å². The van der Waals surface area contributed by atoms with Gasteiger partial charge in [-0.3, -0.25) is 10.1 Å². The summed E-state index contributed by atoms with van der Waals surface area (Å²) in [5.41, 5.74) is 0.789. The van der Waals surface area contributed by atoms with Gasteiger partial charge in [0.25, 0.3) is 0 Å². The lowest BCUT2D eigenvalue weighted by atomic mass is 10.1. The molecule has 1 N–H and O–H groups in total. The van der Waals surface area contributed by atoms with Gasteiger partial charge in [0.15, 0.2) is 0 Å². The van der Waals surface area contributed by atoms with Crippen molar-refractivity contribution in [2.24, 2.45) is 0 Å². The van der Waals surface area contributed by atoms with Crippen molar-refractivity contribution >= 4 is 5.91 Å². The van der Waals surface area contributed by atoms with Gasteiger partial charge in [-0.2, -0.15) is 0 Å². The van der Waals surface area contributed by atoms with Gasteiger partial charge >= 0.3 is 0 Å². The summed E-state index contributed by atoms with van der Waals surface area (Å²) in [6.07, 6.45) is -0.231. The van der Waals surface area contributed by atoms with E-state index < -0.39 is 0 Å². The van der Waals surface area contributed by atoms with Crippen molar-refractivity contribution in [2.75, 3.05) is 27.2 Å². The lowest BCUT2D eigenvalue weighted by molar-refractivity contribution is -0.128. The summed E-state index contributed by atoms with van der Waals surface area (Å²) in [5, 5.41) is 3.14. The highest BCUT2D eigenvalue weighted by Gasteiger charge is 2.32. The quantitative estimate of drug-likeness (QED) is 0.888. The molecular weight excluding hydrogens is 245 g/mol. The Kier molecular flexibility index (Phi) is 4.17. The summed E-state index contributed by atoms with van der Waals surface area (Å²) in [6.45, 7) is 3.00. The molecule has 1 heterocycles. The van der Waals surface area contributed by atoms with Crippen LogP contribution in [-0.2, 0) is 4.79 Å². The second-order valence-electron chi connectivity index (χ2n) is 5.20. The third kappa shape index (κ3) is 3.11. The maximum absolute atomic E-state index is 13.3. The molecule has 1 fully saturated rings. The van der Waals surface area contributed by atoms with Crippen LogP contribution in [0, 0.1) is 5.82 Å². The number of amides is 1. The fraction of sp³-hybridized carbons (Fsp3) is 0.500. The van der Waals surface area contributed by atoms with Gasteiger partial charge in [0.1, 0.15) is 12.0 Å². The van der Waals surface area contributed by atoms with Gasteiger partial charge in [0, 0.05) is 12.6 Å². The van der Waals surface area contributed by atoms with Crippen molar-refractivity contribution in [3.8, 4) is 0 Å². The van der Waals surface area contributed by atoms with Crippen LogP contribution in [-0.4, -0.2) is 48.9 Å². The van der Waals surface area contributed by atoms with E-state index >= 15 is 0 Å². The molecule has 1 saturated heterocycles. The second-order valence-corrected chi connectivity index (χ2v) is 5.20. The van der Waals surface area contributed by atoms with Crippen LogP contribution >= 0.6 is 0 Å². The topological polar surface area (TPSA) is 35.6 Å². The fourth-order valence-corrected chi connectivity index (χ4v) is 2.17. The Morgan fingerprint density at radius 1 is 1.53 bits per heavy atom. The average molecular weight is 265 g/mol. The van der Waals surface area contributed by atoms with Crippen LogP contribution < -0.4 is 5.32 Å². The summed E-state index contributed by atoms with van der Waals surface area (Å²) in [6, 6.07) is 6.64. The number of hydrogen-bond acceptors (Lipinski definition) is 3. The van der Waals surface area contributed by atoms with E-state index in [9.17, 15) is 9.18 Å². The zero-order valence-corrected chi connectivity index (χ0v) is 11.6. The van der Waals surface area contributed by atoms with Crippen molar-refractivity contribution in [1.29, 1.82) is 0 Å². The minimum absolute atomic E-state index is 0.0583. The van der Waals surface area contributed by atoms with Gasteiger partial charge in [-0.15, -0.1) is 0 Å². The normalized spacial score (nSPS) is 21.2. The van der Waals surface area contributed by atoms with Crippen molar-refractivity contribution in [3.05, 3.63) is 35.6 Å². The highest BCUT2D eigenvalue weighted by atomic mass is 19.1. The molecule has 1 aromatic carbocycles. The number of benzene rings is 1. The van der Waals surface area contributed by atoms with Crippen molar-refractivity contribution < 1.29 is 9.18 Å². The van der Waals surface area contributed by atoms with Gasteiger partial charge in [-0.05, 0) is 38.7 Å². The number of carbonyl (C=O) groups excluding carboxylic acids is 1. The maximum Gasteiger partial charge on any atom is 0.238 e. The Balaban J connectivity index is 2.17. The van der Waals surface area contributed by atoms with Crippen molar-refractivity contribution in [3.63, 3.8) is 0 Å². The highest BCUT2D eigenvalue weighted by Crippen LogP contribution is 2.23. The molecule has 2 unspecified atom stereocenters. The second kappa shape index (κ2) is 5.67. The van der Waals surface area contributed by atoms with Crippen LogP contribution in [0.5, 0.6) is 0 Å². The summed E-state index contributed by atoms with van der Waals surface area (Å²) < 4.78 is 13.3. The molecule has 0 aliphatic carbocycles. The smallest absolute Gasteiger partial charge is 0.238 e. The van der Waals surface area contributed by atoms with E-state index in [1.54, 1.807) is 11.0 Å². The lowest BCUT2D eigenvalue weighted by Gasteiger charge is -2.30. The third-order valence-electron chi connectivity index (χ3n) is 3.59. The van der Waals surface area contributed by atoms with Gasteiger partial charge in [-0.1, -0.05) is 12.1 Å². The number of halogens is 1. The first kappa shape index (κ1) is 14.0. The van der Waals surface area contributed by atoms with E-state index in [1.165, 1.54) is 12.1 Å². The summed E-state index contributed by atoms with van der Waals surface area (Å²) >= 11 is 0. The molecule has 1 amide bonds. The monoisotopic (exact) mass is 265 g/mol. The molecular formula is C14H20FN3O. The number of carbonyl (C=O) groups is 1. The number of nitrogens with zero attached hydrogens (tertiary/aromatic N) is 2. The molecule has 4 nitrogen and oxygen atoms in total. The molecule has 1 aliphatic rings. The summed E-state index contributed by atoms with van der Waals surface area (Å²) in [4.78, 5) is 15.8. The molecule has 0 bridgehead atoms. The molecule has 1 aromatic rings. The fourth-order valence-electron chi connectivity index (χ4n) is 2.17. The lowest BCUT2D eigenvalue weighted by Crippen LogP contribution is -2.41. The van der Waals surface area contributed by atoms with E-state index in [0.29, 0.717) is 13.1 Å². The Morgan fingerprint density at radius 3 is 2.89 bits per heavy atom. The first-order valence-electron chi connectivity index (χ1n) is 6.44. The Bertz CT molecular complexity index is 464. The summed E-state index contributed by atoms with van der Waals surface area (Å²) in [5.74, 6) is -0.220. The molecule has 104 valence electrons. The van der Waals surface area contributed by atoms with E-state index in [2.05, 4.69) is 17.1 Å². The Morgan fingerprint density at radius 2 is 2.26 bits per heavy atom. The Hall–Kier alpha value is -1.46. The molecule has 0 spiro atoms. The van der Waals surface area contributed by atoms with Gasteiger partial charge in [0.05, 0.1) is 6.54 Å². The third-order valence-corrected chi connectivity index (χ3v) is 3.59. The van der Waals surface area contributed by atoms with Crippen LogP contribution in [0.3, 0.4) is 0 Å². The van der Waals surface area contributed by atoms with Crippen LogP contribution in [0.1, 0.15) is 18.7 Å². The number of rotatable bonds is 4. The maximum atomic E-state index is 13.3. The number of nitrogens with one attached hydrogen (secondary N) is 1. The van der Waals surface area contributed by atoms with E-state index in [-0.39, 0.29) is 23.9 Å². The molecule has 19 heavy (non-hydrogen) atoms.